The fourth-order valence-electron chi connectivity index (χ4n) is 2.99. The zero-order valence-electron chi connectivity index (χ0n) is 10.9. The number of H-pyrrole nitrogens is 1. The predicted octanol–water partition coefficient (Wildman–Crippen LogP) is 2.68. The molecular formula is C15H20N2O. The summed E-state index contributed by atoms with van der Waals surface area (Å²) in [6.07, 6.45) is 3.35. The quantitative estimate of drug-likeness (QED) is 0.809. The molecule has 0 spiro atoms. The van der Waals surface area contributed by atoms with Gasteiger partial charge in [-0.3, -0.25) is 0 Å². The number of aromatic nitrogens is 1. The molecule has 1 aromatic heterocycles. The van der Waals surface area contributed by atoms with Gasteiger partial charge < -0.3 is 15.0 Å². The topological polar surface area (TPSA) is 39.3 Å². The Hall–Kier alpha value is -1.48. The van der Waals surface area contributed by atoms with E-state index < -0.39 is 0 Å². The van der Waals surface area contributed by atoms with Crippen LogP contribution in [0.5, 0.6) is 5.75 Å². The highest BCUT2D eigenvalue weighted by Crippen LogP contribution is 2.30. The summed E-state index contributed by atoms with van der Waals surface area (Å²) in [5.41, 5.74) is 3.63. The molecule has 0 amide bonds. The summed E-state index contributed by atoms with van der Waals surface area (Å²) in [5.74, 6) is 0.367. The molecule has 2 aromatic rings. The number of aromatic amines is 1. The largest absolute Gasteiger partial charge is 0.506 e. The summed E-state index contributed by atoms with van der Waals surface area (Å²) in [6, 6.07) is 5.80. The van der Waals surface area contributed by atoms with Gasteiger partial charge in [-0.25, -0.2) is 0 Å². The molecule has 1 aromatic carbocycles. The molecule has 0 unspecified atom stereocenters. The van der Waals surface area contributed by atoms with E-state index in [4.69, 9.17) is 0 Å². The monoisotopic (exact) mass is 244 g/mol. The van der Waals surface area contributed by atoms with Gasteiger partial charge in [0.05, 0.1) is 5.52 Å². The molecule has 0 saturated heterocycles. The van der Waals surface area contributed by atoms with Gasteiger partial charge in [-0.1, -0.05) is 19.1 Å². The normalized spacial score (nSPS) is 17.4. The van der Waals surface area contributed by atoms with Crippen molar-refractivity contribution < 1.29 is 5.11 Å². The number of nitrogens with zero attached hydrogens (tertiary/aromatic N) is 1. The lowest BCUT2D eigenvalue weighted by Crippen LogP contribution is -2.29. The first-order valence-corrected chi connectivity index (χ1v) is 6.83. The van der Waals surface area contributed by atoms with E-state index in [2.05, 4.69) is 22.9 Å². The first-order valence-electron chi connectivity index (χ1n) is 6.83. The SMILES string of the molecule is CCN1CCCc2[nH]c3c(O)cccc3c2CC1. The first kappa shape index (κ1) is 11.6. The van der Waals surface area contributed by atoms with Crippen LogP contribution in [0.4, 0.5) is 0 Å². The summed E-state index contributed by atoms with van der Waals surface area (Å²) >= 11 is 0. The van der Waals surface area contributed by atoms with Crippen molar-refractivity contribution >= 4 is 10.9 Å². The second kappa shape index (κ2) is 4.65. The van der Waals surface area contributed by atoms with Gasteiger partial charge in [0.2, 0.25) is 0 Å². The molecule has 2 heterocycles. The van der Waals surface area contributed by atoms with E-state index in [1.54, 1.807) is 6.07 Å². The van der Waals surface area contributed by atoms with E-state index in [1.807, 2.05) is 6.07 Å². The predicted molar refractivity (Wildman–Crippen MR) is 74.1 cm³/mol. The Bertz CT molecular complexity index is 559. The lowest BCUT2D eigenvalue weighted by molar-refractivity contribution is 0.283. The van der Waals surface area contributed by atoms with Gasteiger partial charge >= 0.3 is 0 Å². The van der Waals surface area contributed by atoms with Crippen molar-refractivity contribution in [2.24, 2.45) is 0 Å². The number of aromatic hydroxyl groups is 1. The zero-order chi connectivity index (χ0) is 12.5. The van der Waals surface area contributed by atoms with Gasteiger partial charge in [0, 0.05) is 17.6 Å². The number of nitrogens with one attached hydrogen (secondary N) is 1. The summed E-state index contributed by atoms with van der Waals surface area (Å²) < 4.78 is 0. The smallest absolute Gasteiger partial charge is 0.139 e. The molecule has 0 bridgehead atoms. The molecule has 0 radical (unpaired) electrons. The third-order valence-corrected chi connectivity index (χ3v) is 4.03. The zero-order valence-corrected chi connectivity index (χ0v) is 10.9. The molecule has 96 valence electrons. The summed E-state index contributed by atoms with van der Waals surface area (Å²) in [5, 5.41) is 11.1. The maximum absolute atomic E-state index is 9.92. The first-order chi connectivity index (χ1) is 8.79. The van der Waals surface area contributed by atoms with Crippen molar-refractivity contribution in [2.45, 2.75) is 26.2 Å². The van der Waals surface area contributed by atoms with Crippen LogP contribution in [0.3, 0.4) is 0 Å². The Morgan fingerprint density at radius 3 is 3.00 bits per heavy atom. The van der Waals surface area contributed by atoms with E-state index in [0.717, 1.165) is 31.4 Å². The van der Waals surface area contributed by atoms with Crippen molar-refractivity contribution in [1.82, 2.24) is 9.88 Å². The van der Waals surface area contributed by atoms with Crippen molar-refractivity contribution in [2.75, 3.05) is 19.6 Å². The Labute approximate surface area is 107 Å². The molecular weight excluding hydrogens is 224 g/mol. The van der Waals surface area contributed by atoms with Crippen LogP contribution >= 0.6 is 0 Å². The Morgan fingerprint density at radius 1 is 1.28 bits per heavy atom. The molecule has 0 saturated carbocycles. The van der Waals surface area contributed by atoms with Gasteiger partial charge in [0.15, 0.2) is 0 Å². The highest BCUT2D eigenvalue weighted by molar-refractivity contribution is 5.89. The van der Waals surface area contributed by atoms with Crippen molar-refractivity contribution in [1.29, 1.82) is 0 Å². The minimum absolute atomic E-state index is 0.367. The summed E-state index contributed by atoms with van der Waals surface area (Å²) in [6.45, 7) is 5.65. The van der Waals surface area contributed by atoms with E-state index in [0.29, 0.717) is 5.75 Å². The third kappa shape index (κ3) is 1.89. The van der Waals surface area contributed by atoms with Gasteiger partial charge in [0.1, 0.15) is 5.75 Å². The average molecular weight is 244 g/mol. The lowest BCUT2D eigenvalue weighted by Gasteiger charge is -2.22. The second-order valence-electron chi connectivity index (χ2n) is 5.07. The number of phenols is 1. The van der Waals surface area contributed by atoms with Gasteiger partial charge in [0.25, 0.3) is 0 Å². The van der Waals surface area contributed by atoms with Crippen LogP contribution in [-0.4, -0.2) is 34.6 Å². The van der Waals surface area contributed by atoms with E-state index in [1.165, 1.54) is 29.6 Å². The Kier molecular flexibility index (Phi) is 3.00. The lowest BCUT2D eigenvalue weighted by atomic mass is 10.0. The van der Waals surface area contributed by atoms with Crippen LogP contribution in [0.15, 0.2) is 18.2 Å². The van der Waals surface area contributed by atoms with Gasteiger partial charge in [-0.05, 0) is 44.0 Å². The molecule has 1 aliphatic heterocycles. The van der Waals surface area contributed by atoms with Crippen LogP contribution in [0.2, 0.25) is 0 Å². The van der Waals surface area contributed by atoms with Crippen LogP contribution in [0, 0.1) is 0 Å². The highest BCUT2D eigenvalue weighted by Gasteiger charge is 2.16. The number of fused-ring (bicyclic) bond motifs is 3. The molecule has 1 aliphatic rings. The van der Waals surface area contributed by atoms with Crippen molar-refractivity contribution in [3.8, 4) is 5.75 Å². The van der Waals surface area contributed by atoms with E-state index in [9.17, 15) is 5.11 Å². The Morgan fingerprint density at radius 2 is 2.17 bits per heavy atom. The van der Waals surface area contributed by atoms with E-state index in [-0.39, 0.29) is 0 Å². The van der Waals surface area contributed by atoms with Crippen LogP contribution in [0.25, 0.3) is 10.9 Å². The summed E-state index contributed by atoms with van der Waals surface area (Å²) in [4.78, 5) is 5.92. The maximum Gasteiger partial charge on any atom is 0.139 e. The number of rotatable bonds is 1. The fraction of sp³-hybridized carbons (Fsp3) is 0.467. The number of phenolic OH excluding ortho intramolecular Hbond substituents is 1. The van der Waals surface area contributed by atoms with E-state index >= 15 is 0 Å². The van der Waals surface area contributed by atoms with Crippen molar-refractivity contribution in [3.63, 3.8) is 0 Å². The molecule has 3 rings (SSSR count). The van der Waals surface area contributed by atoms with Crippen LogP contribution in [0.1, 0.15) is 24.6 Å². The third-order valence-electron chi connectivity index (χ3n) is 4.03. The molecule has 3 nitrogen and oxygen atoms in total. The van der Waals surface area contributed by atoms with Crippen molar-refractivity contribution in [3.05, 3.63) is 29.5 Å². The Balaban J connectivity index is 2.05. The standard InChI is InChI=1S/C15H20N2O/c1-2-17-9-4-6-13-11(8-10-17)12-5-3-7-14(18)15(12)16-13/h3,5,7,16,18H,2,4,6,8-10H2,1H3. The molecule has 3 heteroatoms. The van der Waals surface area contributed by atoms with Crippen LogP contribution < -0.4 is 0 Å². The van der Waals surface area contributed by atoms with Crippen LogP contribution in [-0.2, 0) is 12.8 Å². The molecule has 0 fully saturated rings. The molecule has 0 atom stereocenters. The summed E-state index contributed by atoms with van der Waals surface area (Å²) in [7, 11) is 0. The number of likely N-dealkylation sites (N-methyl/N-ethyl adjacent to an activating group) is 1. The van der Waals surface area contributed by atoms with Gasteiger partial charge in [-0.2, -0.15) is 0 Å². The number of hydrogen-bond acceptors (Lipinski definition) is 2. The van der Waals surface area contributed by atoms with Gasteiger partial charge in [-0.15, -0.1) is 0 Å². The number of benzene rings is 1. The average Bonchev–Trinajstić information content (AvgIpc) is 2.68. The minimum Gasteiger partial charge on any atom is -0.506 e. The maximum atomic E-state index is 9.92. The molecule has 18 heavy (non-hydrogen) atoms. The molecule has 0 aliphatic carbocycles. The molecule has 2 N–H and O–H groups in total. The number of para-hydroxylation sites is 1. The highest BCUT2D eigenvalue weighted by atomic mass is 16.3. The fourth-order valence-corrected chi connectivity index (χ4v) is 2.99. The second-order valence-corrected chi connectivity index (χ2v) is 5.07. The minimum atomic E-state index is 0.367. The number of hydrogen-bond donors (Lipinski definition) is 2. The number of aryl methyl sites for hydroxylation is 1.